The van der Waals surface area contributed by atoms with Gasteiger partial charge in [0.2, 0.25) is 0 Å². The molecule has 0 aliphatic carbocycles. The largest absolute Gasteiger partial charge is 0.297 e. The quantitative estimate of drug-likeness (QED) is 0.397. The van der Waals surface area contributed by atoms with E-state index in [1.165, 1.54) is 5.56 Å². The van der Waals surface area contributed by atoms with Crippen LogP contribution in [-0.2, 0) is 16.0 Å². The van der Waals surface area contributed by atoms with E-state index in [1.807, 2.05) is 19.1 Å². The maximum atomic E-state index is 10.4. The first-order valence-electron chi connectivity index (χ1n) is 4.11. The van der Waals surface area contributed by atoms with Crippen LogP contribution in [0.1, 0.15) is 18.1 Å². The Hall–Kier alpha value is -1.66. The van der Waals surface area contributed by atoms with Crippen LogP contribution < -0.4 is 0 Å². The van der Waals surface area contributed by atoms with Crippen LogP contribution in [0.4, 0.5) is 0 Å². The van der Waals surface area contributed by atoms with Gasteiger partial charge in [-0.2, -0.15) is 0 Å². The molecule has 0 bridgehead atoms. The van der Waals surface area contributed by atoms with Crippen molar-refractivity contribution in [2.45, 2.75) is 13.3 Å². The van der Waals surface area contributed by atoms with Gasteiger partial charge in [0, 0.05) is 0 Å². The van der Waals surface area contributed by atoms with Gasteiger partial charge in [0.05, 0.1) is 0 Å². The van der Waals surface area contributed by atoms with Crippen molar-refractivity contribution < 1.29 is 9.59 Å². The number of aldehydes is 1. The Bertz CT molecular complexity index is 343. The van der Waals surface area contributed by atoms with Crippen LogP contribution in [0.3, 0.4) is 0 Å². The minimum Gasteiger partial charge on any atom is -0.297 e. The fraction of sp³-hybridized carbons (Fsp3) is 0.182. The Balaban J connectivity index is 3.04. The zero-order chi connectivity index (χ0) is 9.68. The van der Waals surface area contributed by atoms with Crippen LogP contribution in [0.5, 0.6) is 0 Å². The summed E-state index contributed by atoms with van der Waals surface area (Å²) in [6.07, 6.45) is 1.47. The second-order valence-corrected chi connectivity index (χ2v) is 2.68. The smallest absolute Gasteiger partial charge is 0.161 e. The van der Waals surface area contributed by atoms with E-state index >= 15 is 0 Å². The molecule has 0 N–H and O–H groups in total. The van der Waals surface area contributed by atoms with Crippen LogP contribution >= 0.6 is 0 Å². The van der Waals surface area contributed by atoms with Crippen molar-refractivity contribution in [1.82, 2.24) is 0 Å². The Morgan fingerprint density at radius 3 is 2.38 bits per heavy atom. The summed E-state index contributed by atoms with van der Waals surface area (Å²) >= 11 is 0. The molecule has 0 radical (unpaired) electrons. The number of hydrogen-bond acceptors (Lipinski definition) is 2. The van der Waals surface area contributed by atoms with E-state index in [4.69, 9.17) is 0 Å². The highest BCUT2D eigenvalue weighted by Gasteiger charge is 1.99. The third-order valence-electron chi connectivity index (χ3n) is 1.90. The molecule has 2 heteroatoms. The highest BCUT2D eigenvalue weighted by atomic mass is 16.1. The van der Waals surface area contributed by atoms with Gasteiger partial charge in [-0.3, -0.25) is 4.79 Å². The van der Waals surface area contributed by atoms with Crippen molar-refractivity contribution in [3.8, 4) is 0 Å². The lowest BCUT2D eigenvalue weighted by molar-refractivity contribution is -0.103. The van der Waals surface area contributed by atoms with E-state index < -0.39 is 0 Å². The van der Waals surface area contributed by atoms with Gasteiger partial charge in [-0.05, 0) is 17.5 Å². The van der Waals surface area contributed by atoms with Crippen LogP contribution in [0.15, 0.2) is 24.3 Å². The van der Waals surface area contributed by atoms with E-state index in [0.717, 1.165) is 6.42 Å². The van der Waals surface area contributed by atoms with Crippen molar-refractivity contribution in [1.29, 1.82) is 0 Å². The van der Waals surface area contributed by atoms with Crippen LogP contribution in [0.25, 0.3) is 5.57 Å². The summed E-state index contributed by atoms with van der Waals surface area (Å²) in [5, 5.41) is 0. The molecule has 1 aromatic carbocycles. The number of carbonyl (C=O) groups excluding carboxylic acids is 2. The maximum absolute atomic E-state index is 10.4. The number of rotatable bonds is 3. The van der Waals surface area contributed by atoms with Crippen molar-refractivity contribution in [2.24, 2.45) is 0 Å². The average Bonchev–Trinajstić information content (AvgIpc) is 2.21. The van der Waals surface area contributed by atoms with Gasteiger partial charge >= 0.3 is 0 Å². The second-order valence-electron chi connectivity index (χ2n) is 2.68. The average molecular weight is 174 g/mol. The SMILES string of the molecule is CCc1ccc(C(=C=O)C=O)cc1. The molecular weight excluding hydrogens is 164 g/mol. The van der Waals surface area contributed by atoms with Crippen LogP contribution in [0, 0.1) is 0 Å². The van der Waals surface area contributed by atoms with Gasteiger partial charge < -0.3 is 0 Å². The summed E-state index contributed by atoms with van der Waals surface area (Å²) in [6.45, 7) is 2.05. The molecule has 2 nitrogen and oxygen atoms in total. The first kappa shape index (κ1) is 9.43. The third kappa shape index (κ3) is 2.14. The summed E-state index contributed by atoms with van der Waals surface area (Å²) in [7, 11) is 0. The van der Waals surface area contributed by atoms with Crippen LogP contribution in [-0.4, -0.2) is 12.2 Å². The molecule has 0 fully saturated rings. The number of carbonyl (C=O) groups is 1. The molecule has 0 spiro atoms. The van der Waals surface area contributed by atoms with Gasteiger partial charge in [0.1, 0.15) is 11.5 Å². The fourth-order valence-corrected chi connectivity index (χ4v) is 1.07. The minimum atomic E-state index is 0.0719. The molecule has 1 rings (SSSR count). The molecule has 0 amide bonds. The fourth-order valence-electron chi connectivity index (χ4n) is 1.07. The van der Waals surface area contributed by atoms with Crippen LogP contribution in [0.2, 0.25) is 0 Å². The van der Waals surface area contributed by atoms with Crippen molar-refractivity contribution in [3.05, 3.63) is 35.4 Å². The Labute approximate surface area is 76.9 Å². The summed E-state index contributed by atoms with van der Waals surface area (Å²) in [5.41, 5.74) is 1.88. The Kier molecular flexibility index (Phi) is 3.18. The summed E-state index contributed by atoms with van der Waals surface area (Å²) < 4.78 is 0. The van der Waals surface area contributed by atoms with E-state index in [2.05, 4.69) is 0 Å². The lowest BCUT2D eigenvalue weighted by atomic mass is 10.1. The zero-order valence-electron chi connectivity index (χ0n) is 7.41. The molecule has 0 aliphatic rings. The van der Waals surface area contributed by atoms with Crippen molar-refractivity contribution in [2.75, 3.05) is 0 Å². The standard InChI is InChI=1S/C11H10O2/c1-2-9-3-5-10(6-4-9)11(7-12)8-13/h3-7H,2H2,1H3. The summed E-state index contributed by atoms with van der Waals surface area (Å²) in [6, 6.07) is 7.31. The molecule has 0 saturated heterocycles. The second kappa shape index (κ2) is 4.39. The molecule has 66 valence electrons. The summed E-state index contributed by atoms with van der Waals surface area (Å²) in [4.78, 5) is 20.7. The lowest BCUT2D eigenvalue weighted by Crippen LogP contribution is -1.87. The molecule has 0 heterocycles. The van der Waals surface area contributed by atoms with Gasteiger partial charge in [-0.1, -0.05) is 31.2 Å². The molecule has 0 atom stereocenters. The Morgan fingerprint density at radius 1 is 1.38 bits per heavy atom. The first-order valence-corrected chi connectivity index (χ1v) is 4.11. The first-order chi connectivity index (χ1) is 6.31. The summed E-state index contributed by atoms with van der Waals surface area (Å²) in [5.74, 6) is 1.60. The van der Waals surface area contributed by atoms with Gasteiger partial charge in [0.15, 0.2) is 6.29 Å². The zero-order valence-corrected chi connectivity index (χ0v) is 7.41. The predicted molar refractivity (Wildman–Crippen MR) is 51.0 cm³/mol. The minimum absolute atomic E-state index is 0.0719. The van der Waals surface area contributed by atoms with Crippen molar-refractivity contribution >= 4 is 17.8 Å². The number of aryl methyl sites for hydroxylation is 1. The predicted octanol–water partition coefficient (Wildman–Crippen LogP) is 1.66. The van der Waals surface area contributed by atoms with Gasteiger partial charge in [-0.15, -0.1) is 0 Å². The highest BCUT2D eigenvalue weighted by Crippen LogP contribution is 2.10. The van der Waals surface area contributed by atoms with Crippen molar-refractivity contribution in [3.63, 3.8) is 0 Å². The third-order valence-corrected chi connectivity index (χ3v) is 1.90. The maximum Gasteiger partial charge on any atom is 0.161 e. The van der Waals surface area contributed by atoms with Gasteiger partial charge in [0.25, 0.3) is 0 Å². The number of benzene rings is 1. The number of allylic oxidation sites excluding steroid dienone is 1. The monoisotopic (exact) mass is 174 g/mol. The normalized spacial score (nSPS) is 9.00. The van der Waals surface area contributed by atoms with E-state index in [-0.39, 0.29) is 5.57 Å². The number of hydrogen-bond donors (Lipinski definition) is 0. The molecule has 0 aliphatic heterocycles. The molecular formula is C11H10O2. The lowest BCUT2D eigenvalue weighted by Gasteiger charge is -1.98. The molecule has 13 heavy (non-hydrogen) atoms. The molecule has 0 saturated carbocycles. The van der Waals surface area contributed by atoms with E-state index in [9.17, 15) is 9.59 Å². The molecule has 0 aromatic heterocycles. The van der Waals surface area contributed by atoms with Gasteiger partial charge in [-0.25, -0.2) is 4.79 Å². The highest BCUT2D eigenvalue weighted by molar-refractivity contribution is 6.17. The molecule has 0 unspecified atom stereocenters. The molecule has 1 aromatic rings. The van der Waals surface area contributed by atoms with E-state index in [1.54, 1.807) is 18.1 Å². The van der Waals surface area contributed by atoms with E-state index in [0.29, 0.717) is 11.8 Å². The Morgan fingerprint density at radius 2 is 2.00 bits per heavy atom. The topological polar surface area (TPSA) is 34.1 Å².